The van der Waals surface area contributed by atoms with Crippen LogP contribution in [-0.2, 0) is 10.0 Å². The average molecular weight is 469 g/mol. The molecule has 0 bridgehead atoms. The highest BCUT2D eigenvalue weighted by atomic mass is 35.5. The number of sulfonamides is 1. The molecule has 2 N–H and O–H groups in total. The first kappa shape index (κ1) is 21.6. The van der Waals surface area contributed by atoms with Gasteiger partial charge in [-0.2, -0.15) is 0 Å². The molecule has 2 aromatic carbocycles. The van der Waals surface area contributed by atoms with E-state index in [2.05, 4.69) is 20.2 Å². The summed E-state index contributed by atoms with van der Waals surface area (Å²) in [5, 5.41) is 10.9. The first-order valence-electron chi connectivity index (χ1n) is 8.45. The maximum Gasteiger partial charge on any atom is 0.263 e. The zero-order chi connectivity index (χ0) is 21.0. The molecule has 0 atom stereocenters. The van der Waals surface area contributed by atoms with E-state index in [9.17, 15) is 13.2 Å². The fourth-order valence-corrected chi connectivity index (χ4v) is 5.52. The summed E-state index contributed by atoms with van der Waals surface area (Å²) < 4.78 is 28.7. The number of rotatable bonds is 7. The van der Waals surface area contributed by atoms with Gasteiger partial charge < -0.3 is 0 Å². The quantitative estimate of drug-likeness (QED) is 0.386. The van der Waals surface area contributed by atoms with Gasteiger partial charge in [-0.1, -0.05) is 59.3 Å². The maximum atomic E-state index is 12.8. The van der Waals surface area contributed by atoms with Gasteiger partial charge in [-0.3, -0.25) is 14.8 Å². The second kappa shape index (κ2) is 9.12. The number of nitrogens with one attached hydrogen (secondary N) is 2. The van der Waals surface area contributed by atoms with Crippen LogP contribution in [0.2, 0.25) is 5.02 Å². The molecule has 1 heterocycles. The lowest BCUT2D eigenvalue weighted by Crippen LogP contribution is -2.16. The van der Waals surface area contributed by atoms with Crippen LogP contribution >= 0.6 is 34.7 Å². The van der Waals surface area contributed by atoms with Crippen LogP contribution in [0.1, 0.15) is 22.8 Å². The lowest BCUT2D eigenvalue weighted by atomic mass is 10.2. The molecule has 11 heteroatoms. The fraction of sp³-hybridized carbons (Fsp3) is 0.167. The van der Waals surface area contributed by atoms with E-state index >= 15 is 0 Å². The minimum atomic E-state index is -3.98. The van der Waals surface area contributed by atoms with Crippen LogP contribution in [0.15, 0.2) is 51.7 Å². The smallest absolute Gasteiger partial charge is 0.263 e. The SMILES string of the molecule is CCSc1nnc(NC(=O)c2ccc(Cl)c(S(=O)(=O)Nc3ccc(C)cc3)c2)s1. The van der Waals surface area contributed by atoms with Crippen molar-refractivity contribution in [3.05, 3.63) is 58.6 Å². The predicted molar refractivity (Wildman–Crippen MR) is 118 cm³/mol. The van der Waals surface area contributed by atoms with E-state index < -0.39 is 15.9 Å². The molecule has 0 aliphatic rings. The van der Waals surface area contributed by atoms with E-state index in [0.29, 0.717) is 10.8 Å². The third-order valence-corrected chi connectivity index (χ3v) is 7.40. The molecule has 0 fully saturated rings. The number of benzene rings is 2. The highest BCUT2D eigenvalue weighted by Crippen LogP contribution is 2.27. The molecule has 7 nitrogen and oxygen atoms in total. The van der Waals surface area contributed by atoms with Crippen molar-refractivity contribution in [1.29, 1.82) is 0 Å². The second-order valence-electron chi connectivity index (χ2n) is 5.88. The van der Waals surface area contributed by atoms with Gasteiger partial charge in [0.2, 0.25) is 5.13 Å². The van der Waals surface area contributed by atoms with Gasteiger partial charge in [0, 0.05) is 11.3 Å². The number of nitrogens with zero attached hydrogens (tertiary/aromatic N) is 2. The molecule has 3 aromatic rings. The molecular weight excluding hydrogens is 452 g/mol. The number of thioether (sulfide) groups is 1. The van der Waals surface area contributed by atoms with Gasteiger partial charge >= 0.3 is 0 Å². The molecule has 0 aliphatic carbocycles. The molecule has 1 aromatic heterocycles. The van der Waals surface area contributed by atoms with Crippen LogP contribution < -0.4 is 10.0 Å². The minimum absolute atomic E-state index is 0.0127. The van der Waals surface area contributed by atoms with E-state index in [0.717, 1.165) is 15.7 Å². The number of aromatic nitrogens is 2. The summed E-state index contributed by atoms with van der Waals surface area (Å²) in [6.45, 7) is 3.89. The van der Waals surface area contributed by atoms with Gasteiger partial charge in [0.15, 0.2) is 4.34 Å². The van der Waals surface area contributed by atoms with E-state index in [4.69, 9.17) is 11.6 Å². The molecule has 0 saturated heterocycles. The molecule has 3 rings (SSSR count). The molecule has 0 unspecified atom stereocenters. The molecule has 152 valence electrons. The first-order chi connectivity index (χ1) is 13.8. The number of anilines is 2. The van der Waals surface area contributed by atoms with Crippen molar-refractivity contribution in [3.8, 4) is 0 Å². The fourth-order valence-electron chi connectivity index (χ4n) is 2.29. The zero-order valence-electron chi connectivity index (χ0n) is 15.5. The van der Waals surface area contributed by atoms with Crippen molar-refractivity contribution in [1.82, 2.24) is 10.2 Å². The van der Waals surface area contributed by atoms with Crippen molar-refractivity contribution in [3.63, 3.8) is 0 Å². The predicted octanol–water partition coefficient (Wildman–Crippen LogP) is 4.67. The molecule has 0 aliphatic heterocycles. The molecule has 1 amide bonds. The Kier molecular flexibility index (Phi) is 6.78. The monoisotopic (exact) mass is 468 g/mol. The summed E-state index contributed by atoms with van der Waals surface area (Å²) in [6.07, 6.45) is 0. The summed E-state index contributed by atoms with van der Waals surface area (Å²) in [5.74, 6) is 0.340. The van der Waals surface area contributed by atoms with Crippen LogP contribution in [0.25, 0.3) is 0 Å². The van der Waals surface area contributed by atoms with Gasteiger partial charge in [-0.05, 0) is 43.0 Å². The van der Waals surface area contributed by atoms with Crippen molar-refractivity contribution < 1.29 is 13.2 Å². The highest BCUT2D eigenvalue weighted by molar-refractivity contribution is 8.01. The Hall–Kier alpha value is -2.14. The van der Waals surface area contributed by atoms with Gasteiger partial charge in [-0.15, -0.1) is 10.2 Å². The molecule has 0 saturated carbocycles. The van der Waals surface area contributed by atoms with Crippen LogP contribution in [0, 0.1) is 6.92 Å². The summed E-state index contributed by atoms with van der Waals surface area (Å²) in [4.78, 5) is 12.3. The Morgan fingerprint density at radius 1 is 1.17 bits per heavy atom. The standard InChI is InChI=1S/C18H17ClN4O3S3/c1-3-27-18-22-21-17(28-18)20-16(24)12-6-9-14(19)15(10-12)29(25,26)23-13-7-4-11(2)5-8-13/h4-10,23H,3H2,1-2H3,(H,20,21,24). The van der Waals surface area contributed by atoms with Gasteiger partial charge in [0.1, 0.15) is 4.90 Å². The highest BCUT2D eigenvalue weighted by Gasteiger charge is 2.21. The normalized spacial score (nSPS) is 11.3. The number of halogens is 1. The van der Waals surface area contributed by atoms with E-state index in [1.807, 2.05) is 13.8 Å². The van der Waals surface area contributed by atoms with Crippen LogP contribution in [-0.4, -0.2) is 30.3 Å². The summed E-state index contributed by atoms with van der Waals surface area (Å²) in [5.41, 5.74) is 1.54. The van der Waals surface area contributed by atoms with Crippen molar-refractivity contribution >= 4 is 61.4 Å². The number of hydrogen-bond donors (Lipinski definition) is 2. The Labute approximate surface area is 182 Å². The first-order valence-corrected chi connectivity index (χ1v) is 12.1. The van der Waals surface area contributed by atoms with E-state index in [1.165, 1.54) is 41.3 Å². The van der Waals surface area contributed by atoms with Crippen molar-refractivity contribution in [2.24, 2.45) is 0 Å². The van der Waals surface area contributed by atoms with Crippen molar-refractivity contribution in [2.75, 3.05) is 15.8 Å². The number of hydrogen-bond acceptors (Lipinski definition) is 7. The third-order valence-electron chi connectivity index (χ3n) is 3.68. The maximum absolute atomic E-state index is 12.8. The Morgan fingerprint density at radius 3 is 2.59 bits per heavy atom. The lowest BCUT2D eigenvalue weighted by Gasteiger charge is -2.11. The van der Waals surface area contributed by atoms with Crippen molar-refractivity contribution in [2.45, 2.75) is 23.1 Å². The lowest BCUT2D eigenvalue weighted by molar-refractivity contribution is 0.102. The Bertz CT molecular complexity index is 1130. The van der Waals surface area contributed by atoms with Crippen LogP contribution in [0.5, 0.6) is 0 Å². The van der Waals surface area contributed by atoms with Crippen LogP contribution in [0.4, 0.5) is 10.8 Å². The number of carbonyl (C=O) groups is 1. The molecule has 0 spiro atoms. The molecule has 29 heavy (non-hydrogen) atoms. The number of aryl methyl sites for hydroxylation is 1. The summed E-state index contributed by atoms with van der Waals surface area (Å²) >= 11 is 8.87. The summed E-state index contributed by atoms with van der Waals surface area (Å²) in [6, 6.07) is 10.9. The largest absolute Gasteiger partial charge is 0.296 e. The number of amides is 1. The number of carbonyl (C=O) groups excluding carboxylic acids is 1. The second-order valence-corrected chi connectivity index (χ2v) is 10.4. The molecular formula is C18H17ClN4O3S3. The van der Waals surface area contributed by atoms with Crippen LogP contribution in [0.3, 0.4) is 0 Å². The van der Waals surface area contributed by atoms with Gasteiger partial charge in [0.05, 0.1) is 5.02 Å². The van der Waals surface area contributed by atoms with E-state index in [1.54, 1.807) is 24.3 Å². The van der Waals surface area contributed by atoms with Gasteiger partial charge in [0.25, 0.3) is 15.9 Å². The zero-order valence-corrected chi connectivity index (χ0v) is 18.7. The van der Waals surface area contributed by atoms with Gasteiger partial charge in [-0.25, -0.2) is 8.42 Å². The Balaban J connectivity index is 1.82. The van der Waals surface area contributed by atoms with E-state index in [-0.39, 0.29) is 15.5 Å². The summed E-state index contributed by atoms with van der Waals surface area (Å²) in [7, 11) is -3.98. The molecule has 0 radical (unpaired) electrons. The third kappa shape index (κ3) is 5.47. The minimum Gasteiger partial charge on any atom is -0.296 e. The Morgan fingerprint density at radius 2 is 1.90 bits per heavy atom. The topological polar surface area (TPSA) is 101 Å². The average Bonchev–Trinajstić information content (AvgIpc) is 3.11.